The van der Waals surface area contributed by atoms with E-state index in [1.807, 2.05) is 6.07 Å². The van der Waals surface area contributed by atoms with Crippen LogP contribution in [0.25, 0.3) is 0 Å². The zero-order chi connectivity index (χ0) is 10.7. The van der Waals surface area contributed by atoms with Crippen LogP contribution in [-0.2, 0) is 11.2 Å². The number of rotatable bonds is 2. The maximum absolute atomic E-state index is 10.5. The van der Waals surface area contributed by atoms with Gasteiger partial charge in [0.2, 0.25) is 0 Å². The number of carboxylic acids is 1. The lowest BCUT2D eigenvalue weighted by atomic mass is 10.1. The fourth-order valence-electron chi connectivity index (χ4n) is 1.06. The first kappa shape index (κ1) is 10.5. The van der Waals surface area contributed by atoms with Crippen LogP contribution in [0, 0.1) is 11.3 Å². The number of hydrogen-bond acceptors (Lipinski definition) is 3. The van der Waals surface area contributed by atoms with Crippen molar-refractivity contribution < 1.29 is 9.90 Å². The SMILES string of the molecule is N#Cc1cc(N)c(CC(=O)O)c(Br)c1. The van der Waals surface area contributed by atoms with Crippen molar-refractivity contribution in [3.8, 4) is 6.07 Å². The Morgan fingerprint density at radius 2 is 2.29 bits per heavy atom. The minimum absolute atomic E-state index is 0.155. The van der Waals surface area contributed by atoms with Crippen molar-refractivity contribution in [1.29, 1.82) is 5.26 Å². The van der Waals surface area contributed by atoms with Crippen LogP contribution in [0.1, 0.15) is 11.1 Å². The lowest BCUT2D eigenvalue weighted by molar-refractivity contribution is -0.136. The van der Waals surface area contributed by atoms with Crippen molar-refractivity contribution in [2.75, 3.05) is 5.73 Å². The van der Waals surface area contributed by atoms with Gasteiger partial charge in [0, 0.05) is 15.7 Å². The van der Waals surface area contributed by atoms with Gasteiger partial charge in [0.05, 0.1) is 18.1 Å². The number of hydrogen-bond donors (Lipinski definition) is 2. The summed E-state index contributed by atoms with van der Waals surface area (Å²) in [6.45, 7) is 0. The topological polar surface area (TPSA) is 87.1 Å². The van der Waals surface area contributed by atoms with Gasteiger partial charge in [-0.3, -0.25) is 4.79 Å². The Labute approximate surface area is 89.1 Å². The van der Waals surface area contributed by atoms with E-state index in [4.69, 9.17) is 16.1 Å². The Balaban J connectivity index is 3.19. The molecular formula is C9H7BrN2O2. The van der Waals surface area contributed by atoms with E-state index in [2.05, 4.69) is 15.9 Å². The first-order chi connectivity index (χ1) is 6.54. The average molecular weight is 255 g/mol. The summed E-state index contributed by atoms with van der Waals surface area (Å²) >= 11 is 3.17. The molecule has 0 radical (unpaired) electrons. The number of carbonyl (C=O) groups is 1. The fraction of sp³-hybridized carbons (Fsp3) is 0.111. The van der Waals surface area contributed by atoms with Gasteiger partial charge in [-0.05, 0) is 12.1 Å². The second-order valence-electron chi connectivity index (χ2n) is 2.71. The zero-order valence-electron chi connectivity index (χ0n) is 7.12. The molecule has 3 N–H and O–H groups in total. The largest absolute Gasteiger partial charge is 0.481 e. The van der Waals surface area contributed by atoms with Gasteiger partial charge in [-0.25, -0.2) is 0 Å². The van der Waals surface area contributed by atoms with Crippen molar-refractivity contribution in [2.45, 2.75) is 6.42 Å². The minimum atomic E-state index is -0.956. The van der Waals surface area contributed by atoms with E-state index < -0.39 is 5.97 Å². The second kappa shape index (κ2) is 4.11. The molecule has 0 aromatic heterocycles. The quantitative estimate of drug-likeness (QED) is 0.784. The molecule has 4 nitrogen and oxygen atoms in total. The molecule has 5 heteroatoms. The predicted molar refractivity (Wildman–Crippen MR) is 54.6 cm³/mol. The number of anilines is 1. The van der Waals surface area contributed by atoms with Crippen molar-refractivity contribution >= 4 is 27.6 Å². The van der Waals surface area contributed by atoms with Crippen molar-refractivity contribution in [3.63, 3.8) is 0 Å². The van der Waals surface area contributed by atoms with E-state index in [9.17, 15) is 4.79 Å². The van der Waals surface area contributed by atoms with E-state index in [0.717, 1.165) is 0 Å². The fourth-order valence-corrected chi connectivity index (χ4v) is 1.68. The monoisotopic (exact) mass is 254 g/mol. The molecule has 1 aromatic carbocycles. The van der Waals surface area contributed by atoms with Crippen LogP contribution in [0.5, 0.6) is 0 Å². The minimum Gasteiger partial charge on any atom is -0.481 e. The lowest BCUT2D eigenvalue weighted by Gasteiger charge is -2.05. The van der Waals surface area contributed by atoms with E-state index in [1.165, 1.54) is 6.07 Å². The number of nitriles is 1. The molecule has 0 aliphatic heterocycles. The number of halogens is 1. The van der Waals surface area contributed by atoms with E-state index in [0.29, 0.717) is 21.3 Å². The average Bonchev–Trinajstić information content (AvgIpc) is 2.10. The molecule has 0 spiro atoms. The Morgan fingerprint density at radius 1 is 1.64 bits per heavy atom. The molecule has 0 heterocycles. The number of nitrogens with zero attached hydrogens (tertiary/aromatic N) is 1. The summed E-state index contributed by atoms with van der Waals surface area (Å²) in [5.41, 5.74) is 6.82. The van der Waals surface area contributed by atoms with Crippen molar-refractivity contribution in [2.24, 2.45) is 0 Å². The highest BCUT2D eigenvalue weighted by Gasteiger charge is 2.10. The summed E-state index contributed by atoms with van der Waals surface area (Å²) in [4.78, 5) is 10.5. The van der Waals surface area contributed by atoms with Crippen LogP contribution in [0.3, 0.4) is 0 Å². The summed E-state index contributed by atoms with van der Waals surface area (Å²) in [5, 5.41) is 17.2. The molecule has 0 unspecified atom stereocenters. The number of nitrogens with two attached hydrogens (primary N) is 1. The van der Waals surface area contributed by atoms with E-state index in [-0.39, 0.29) is 6.42 Å². The molecule has 14 heavy (non-hydrogen) atoms. The third-order valence-electron chi connectivity index (χ3n) is 1.69. The van der Waals surface area contributed by atoms with Gasteiger partial charge in [-0.2, -0.15) is 5.26 Å². The first-order valence-electron chi connectivity index (χ1n) is 3.74. The summed E-state index contributed by atoms with van der Waals surface area (Å²) in [6.07, 6.45) is -0.155. The Kier molecular flexibility index (Phi) is 3.10. The van der Waals surface area contributed by atoms with Crippen LogP contribution in [-0.4, -0.2) is 11.1 Å². The third kappa shape index (κ3) is 2.24. The maximum Gasteiger partial charge on any atom is 0.307 e. The Morgan fingerprint density at radius 3 is 2.71 bits per heavy atom. The van der Waals surface area contributed by atoms with Crippen LogP contribution >= 0.6 is 15.9 Å². The smallest absolute Gasteiger partial charge is 0.307 e. The summed E-state index contributed by atoms with van der Waals surface area (Å²) in [7, 11) is 0. The van der Waals surface area contributed by atoms with Gasteiger partial charge >= 0.3 is 5.97 Å². The standard InChI is InChI=1S/C9H7BrN2O2/c10-7-1-5(4-11)2-8(12)6(7)3-9(13)14/h1-2H,3,12H2,(H,13,14). The molecular weight excluding hydrogens is 248 g/mol. The van der Waals surface area contributed by atoms with Gasteiger partial charge in [0.15, 0.2) is 0 Å². The van der Waals surface area contributed by atoms with Crippen molar-refractivity contribution in [1.82, 2.24) is 0 Å². The molecule has 72 valence electrons. The molecule has 0 atom stereocenters. The third-order valence-corrected chi connectivity index (χ3v) is 2.39. The van der Waals surface area contributed by atoms with Crippen LogP contribution in [0.4, 0.5) is 5.69 Å². The second-order valence-corrected chi connectivity index (χ2v) is 3.56. The highest BCUT2D eigenvalue weighted by atomic mass is 79.9. The summed E-state index contributed by atoms with van der Waals surface area (Å²) in [5.74, 6) is -0.956. The molecule has 1 rings (SSSR count). The highest BCUT2D eigenvalue weighted by molar-refractivity contribution is 9.10. The van der Waals surface area contributed by atoms with Gasteiger partial charge in [0.25, 0.3) is 0 Å². The van der Waals surface area contributed by atoms with E-state index >= 15 is 0 Å². The van der Waals surface area contributed by atoms with Gasteiger partial charge in [-0.15, -0.1) is 0 Å². The van der Waals surface area contributed by atoms with Crippen LogP contribution < -0.4 is 5.73 Å². The molecule has 0 bridgehead atoms. The Hall–Kier alpha value is -1.54. The zero-order valence-corrected chi connectivity index (χ0v) is 8.71. The Bertz CT molecular complexity index is 400. The first-order valence-corrected chi connectivity index (χ1v) is 4.53. The number of nitrogen functional groups attached to an aromatic ring is 1. The van der Waals surface area contributed by atoms with E-state index in [1.54, 1.807) is 6.07 Å². The molecule has 0 aliphatic rings. The number of carboxylic acid groups (broad SMARTS) is 1. The van der Waals surface area contributed by atoms with Crippen LogP contribution in [0.2, 0.25) is 0 Å². The number of aliphatic carboxylic acids is 1. The normalized spacial score (nSPS) is 9.43. The van der Waals surface area contributed by atoms with Crippen molar-refractivity contribution in [3.05, 3.63) is 27.7 Å². The molecule has 0 saturated heterocycles. The predicted octanol–water partition coefficient (Wildman–Crippen LogP) is 1.53. The molecule has 0 saturated carbocycles. The van der Waals surface area contributed by atoms with Gasteiger partial charge < -0.3 is 10.8 Å². The highest BCUT2D eigenvalue weighted by Crippen LogP contribution is 2.25. The molecule has 0 amide bonds. The molecule has 1 aromatic rings. The summed E-state index contributed by atoms with van der Waals surface area (Å²) in [6, 6.07) is 4.94. The molecule has 0 fully saturated rings. The maximum atomic E-state index is 10.5. The summed E-state index contributed by atoms with van der Waals surface area (Å²) < 4.78 is 0.552. The lowest BCUT2D eigenvalue weighted by Crippen LogP contribution is -2.05. The van der Waals surface area contributed by atoms with Gasteiger partial charge in [0.1, 0.15) is 0 Å². The van der Waals surface area contributed by atoms with Crippen LogP contribution in [0.15, 0.2) is 16.6 Å². The van der Waals surface area contributed by atoms with Gasteiger partial charge in [-0.1, -0.05) is 15.9 Å². The molecule has 0 aliphatic carbocycles. The number of benzene rings is 1.